The number of aliphatic carboxylic acids is 1. The smallest absolute Gasteiger partial charge is 0.311 e. The Kier molecular flexibility index (Phi) is 22.2. The van der Waals surface area contributed by atoms with Gasteiger partial charge in [-0.2, -0.15) is 0 Å². The third kappa shape index (κ3) is 20.2. The molecule has 8 nitrogen and oxygen atoms in total. The SMILES string of the molecule is CCC(C)(C)C(=O)O.CCC(C)(C)C(=O)OCCOCCOC.CCCCOC(=O)C(C)(C)CC. The molecule has 0 saturated heterocycles. The third-order valence-corrected chi connectivity index (χ3v) is 5.96. The lowest BCUT2D eigenvalue weighted by molar-refractivity contribution is -0.156. The van der Waals surface area contributed by atoms with Gasteiger partial charge in [0.25, 0.3) is 0 Å². The second-order valence-electron chi connectivity index (χ2n) is 10.2. The molecular weight excluding hydrogens is 452 g/mol. The van der Waals surface area contributed by atoms with Gasteiger partial charge in [0.05, 0.1) is 42.7 Å². The van der Waals surface area contributed by atoms with Crippen molar-refractivity contribution in [2.24, 2.45) is 16.2 Å². The molecule has 0 rings (SSSR count). The maximum atomic E-state index is 11.5. The van der Waals surface area contributed by atoms with Gasteiger partial charge in [0, 0.05) is 7.11 Å². The van der Waals surface area contributed by atoms with Crippen molar-refractivity contribution < 1.29 is 38.4 Å². The molecule has 0 saturated carbocycles. The van der Waals surface area contributed by atoms with Gasteiger partial charge in [-0.3, -0.25) is 14.4 Å². The zero-order valence-corrected chi connectivity index (χ0v) is 24.4. The Hall–Kier alpha value is -1.67. The standard InChI is InChI=1S/C11H22O4.C10H20O2.C6H12O2/c1-5-11(2,3)10(12)15-9-8-14-7-6-13-4;1-5-7-8-12-9(11)10(3,4)6-2;1-4-6(2,3)5(7)8/h5-9H2,1-4H3;5-8H2,1-4H3;4H2,1-3H3,(H,7,8). The maximum absolute atomic E-state index is 11.5. The summed E-state index contributed by atoms with van der Waals surface area (Å²) in [6.07, 6.45) is 4.32. The van der Waals surface area contributed by atoms with Gasteiger partial charge in [-0.25, -0.2) is 0 Å². The van der Waals surface area contributed by atoms with Crippen LogP contribution in [0, 0.1) is 16.2 Å². The van der Waals surface area contributed by atoms with Gasteiger partial charge in [-0.1, -0.05) is 34.1 Å². The van der Waals surface area contributed by atoms with Crippen LogP contribution in [0.15, 0.2) is 0 Å². The number of methoxy groups -OCH3 is 1. The molecule has 0 unspecified atom stereocenters. The average molecular weight is 507 g/mol. The minimum Gasteiger partial charge on any atom is -0.481 e. The van der Waals surface area contributed by atoms with Crippen molar-refractivity contribution in [3.8, 4) is 0 Å². The molecule has 210 valence electrons. The summed E-state index contributed by atoms with van der Waals surface area (Å²) in [7, 11) is 1.62. The Morgan fingerprint density at radius 2 is 1.03 bits per heavy atom. The lowest BCUT2D eigenvalue weighted by Crippen LogP contribution is -2.27. The molecule has 0 heterocycles. The highest BCUT2D eigenvalue weighted by Gasteiger charge is 2.27. The Balaban J connectivity index is -0.000000460. The van der Waals surface area contributed by atoms with Gasteiger partial charge in [0.15, 0.2) is 0 Å². The maximum Gasteiger partial charge on any atom is 0.311 e. The van der Waals surface area contributed by atoms with Crippen molar-refractivity contribution in [1.29, 1.82) is 0 Å². The summed E-state index contributed by atoms with van der Waals surface area (Å²) in [5.74, 6) is -0.959. The summed E-state index contributed by atoms with van der Waals surface area (Å²) < 4.78 is 20.1. The summed E-state index contributed by atoms with van der Waals surface area (Å²) in [5.41, 5.74) is -1.25. The first kappa shape index (κ1) is 37.9. The highest BCUT2D eigenvalue weighted by Crippen LogP contribution is 2.22. The van der Waals surface area contributed by atoms with E-state index < -0.39 is 16.8 Å². The molecule has 0 aliphatic rings. The fourth-order valence-electron chi connectivity index (χ4n) is 1.58. The monoisotopic (exact) mass is 506 g/mol. The van der Waals surface area contributed by atoms with Crippen LogP contribution in [-0.4, -0.2) is 63.2 Å². The first-order valence-electron chi connectivity index (χ1n) is 12.7. The molecule has 0 aliphatic heterocycles. The van der Waals surface area contributed by atoms with E-state index in [4.69, 9.17) is 24.1 Å². The minimum absolute atomic E-state index is 0.0709. The molecule has 0 aliphatic carbocycles. The van der Waals surface area contributed by atoms with E-state index in [0.29, 0.717) is 39.5 Å². The Morgan fingerprint density at radius 1 is 0.629 bits per heavy atom. The van der Waals surface area contributed by atoms with Crippen molar-refractivity contribution in [2.45, 2.75) is 101 Å². The minimum atomic E-state index is -0.722. The van der Waals surface area contributed by atoms with Gasteiger partial charge in [-0.05, 0) is 67.2 Å². The number of carboxylic acid groups (broad SMARTS) is 1. The Labute approximate surface area is 214 Å². The molecule has 0 atom stereocenters. The van der Waals surface area contributed by atoms with Crippen LogP contribution in [0.3, 0.4) is 0 Å². The van der Waals surface area contributed by atoms with Crippen LogP contribution in [0.2, 0.25) is 0 Å². The molecule has 0 aromatic heterocycles. The van der Waals surface area contributed by atoms with Crippen molar-refractivity contribution in [3.05, 3.63) is 0 Å². The quantitative estimate of drug-likeness (QED) is 0.216. The highest BCUT2D eigenvalue weighted by atomic mass is 16.6. The molecule has 0 amide bonds. The van der Waals surface area contributed by atoms with Crippen molar-refractivity contribution in [2.75, 3.05) is 40.1 Å². The number of carboxylic acids is 1. The topological polar surface area (TPSA) is 108 Å². The van der Waals surface area contributed by atoms with E-state index in [1.165, 1.54) is 0 Å². The molecule has 8 heteroatoms. The Bertz CT molecular complexity index is 568. The fraction of sp³-hybridized carbons (Fsp3) is 0.889. The molecule has 0 aromatic rings. The van der Waals surface area contributed by atoms with Gasteiger partial charge < -0.3 is 24.1 Å². The lowest BCUT2D eigenvalue weighted by atomic mass is 9.91. The predicted molar refractivity (Wildman–Crippen MR) is 139 cm³/mol. The second-order valence-corrected chi connectivity index (χ2v) is 10.2. The first-order valence-corrected chi connectivity index (χ1v) is 12.7. The number of rotatable bonds is 15. The third-order valence-electron chi connectivity index (χ3n) is 5.96. The van der Waals surface area contributed by atoms with Gasteiger partial charge in [0.2, 0.25) is 0 Å². The molecule has 0 bridgehead atoms. The number of unbranched alkanes of at least 4 members (excludes halogenated alkanes) is 1. The summed E-state index contributed by atoms with van der Waals surface area (Å²) in [4.78, 5) is 33.1. The normalized spacial score (nSPS) is 11.4. The Morgan fingerprint density at radius 3 is 1.34 bits per heavy atom. The van der Waals surface area contributed by atoms with E-state index in [2.05, 4.69) is 6.92 Å². The largest absolute Gasteiger partial charge is 0.481 e. The zero-order chi connectivity index (χ0) is 28.1. The first-order chi connectivity index (χ1) is 16.1. The number of hydrogen-bond donors (Lipinski definition) is 1. The summed E-state index contributed by atoms with van der Waals surface area (Å²) in [6.45, 7) is 21.3. The molecule has 1 N–H and O–H groups in total. The van der Waals surface area contributed by atoms with E-state index in [-0.39, 0.29) is 17.4 Å². The number of ether oxygens (including phenoxy) is 4. The fourth-order valence-corrected chi connectivity index (χ4v) is 1.58. The van der Waals surface area contributed by atoms with E-state index in [9.17, 15) is 14.4 Å². The van der Waals surface area contributed by atoms with Crippen molar-refractivity contribution in [1.82, 2.24) is 0 Å². The average Bonchev–Trinajstić information content (AvgIpc) is 2.81. The van der Waals surface area contributed by atoms with Crippen LogP contribution >= 0.6 is 0 Å². The van der Waals surface area contributed by atoms with Crippen LogP contribution in [0.25, 0.3) is 0 Å². The van der Waals surface area contributed by atoms with Gasteiger partial charge in [-0.15, -0.1) is 0 Å². The molecular formula is C27H54O8. The van der Waals surface area contributed by atoms with Crippen molar-refractivity contribution in [3.63, 3.8) is 0 Å². The van der Waals surface area contributed by atoms with Crippen LogP contribution in [0.5, 0.6) is 0 Å². The molecule has 0 radical (unpaired) electrons. The molecule has 35 heavy (non-hydrogen) atoms. The van der Waals surface area contributed by atoms with E-state index in [0.717, 1.165) is 25.7 Å². The number of carbonyl (C=O) groups is 3. The molecule has 0 aromatic carbocycles. The number of carbonyl (C=O) groups excluding carboxylic acids is 2. The predicted octanol–water partition coefficient (Wildman–Crippen LogP) is 5.90. The van der Waals surface area contributed by atoms with Crippen LogP contribution < -0.4 is 0 Å². The van der Waals surface area contributed by atoms with Crippen molar-refractivity contribution >= 4 is 17.9 Å². The van der Waals surface area contributed by atoms with Gasteiger partial charge >= 0.3 is 17.9 Å². The van der Waals surface area contributed by atoms with E-state index >= 15 is 0 Å². The van der Waals surface area contributed by atoms with Crippen LogP contribution in [-0.2, 0) is 33.3 Å². The molecule has 0 fully saturated rings. The van der Waals surface area contributed by atoms with Gasteiger partial charge in [0.1, 0.15) is 6.61 Å². The second kappa shape index (κ2) is 20.5. The summed E-state index contributed by atoms with van der Waals surface area (Å²) in [6, 6.07) is 0. The number of esters is 2. The number of hydrogen-bond acceptors (Lipinski definition) is 7. The van der Waals surface area contributed by atoms with Crippen LogP contribution in [0.4, 0.5) is 0 Å². The highest BCUT2D eigenvalue weighted by molar-refractivity contribution is 5.76. The summed E-state index contributed by atoms with van der Waals surface area (Å²) in [5, 5.41) is 8.44. The molecule has 0 spiro atoms. The van der Waals surface area contributed by atoms with Crippen LogP contribution in [0.1, 0.15) is 101 Å². The van der Waals surface area contributed by atoms with E-state index in [1.54, 1.807) is 21.0 Å². The van der Waals surface area contributed by atoms with E-state index in [1.807, 2.05) is 48.5 Å². The summed E-state index contributed by atoms with van der Waals surface area (Å²) >= 11 is 0. The zero-order valence-electron chi connectivity index (χ0n) is 24.4. The lowest BCUT2D eigenvalue weighted by Gasteiger charge is -2.20.